The smallest absolute Gasteiger partial charge is 0.234 e. The number of nitrogens with one attached hydrogen (secondary N) is 1. The number of thioether (sulfide) groups is 1. The number of carbonyl (C=O) groups is 1. The van der Waals surface area contributed by atoms with Gasteiger partial charge in [0, 0.05) is 11.9 Å². The third-order valence-electron chi connectivity index (χ3n) is 2.25. The number of nitrogens with zero attached hydrogens (tertiary/aromatic N) is 1. The summed E-state index contributed by atoms with van der Waals surface area (Å²) < 4.78 is 13.4. The first-order chi connectivity index (χ1) is 9.15. The number of nitrogens with two attached hydrogens (primary N) is 1. The fourth-order valence-electron chi connectivity index (χ4n) is 1.40. The number of amides is 1. The maximum absolute atomic E-state index is 13.4. The molecule has 0 aliphatic carbocycles. The zero-order chi connectivity index (χ0) is 13.7. The first-order valence-corrected chi connectivity index (χ1v) is 6.52. The molecule has 1 amide bonds. The van der Waals surface area contributed by atoms with Gasteiger partial charge in [-0.1, -0.05) is 17.8 Å². The average Bonchev–Trinajstić information content (AvgIpc) is 2.42. The minimum Gasteiger partial charge on any atom is -0.399 e. The summed E-state index contributed by atoms with van der Waals surface area (Å²) >= 11 is 1.28. The summed E-state index contributed by atoms with van der Waals surface area (Å²) in [6.07, 6.45) is 1.65. The molecule has 19 heavy (non-hydrogen) atoms. The number of rotatable bonds is 4. The van der Waals surface area contributed by atoms with Gasteiger partial charge in [0.05, 0.1) is 16.5 Å². The van der Waals surface area contributed by atoms with E-state index in [-0.39, 0.29) is 17.3 Å². The highest BCUT2D eigenvalue weighted by atomic mass is 32.2. The van der Waals surface area contributed by atoms with E-state index in [0.717, 1.165) is 5.03 Å². The van der Waals surface area contributed by atoms with Gasteiger partial charge in [0.15, 0.2) is 0 Å². The van der Waals surface area contributed by atoms with Crippen molar-refractivity contribution in [1.82, 2.24) is 4.98 Å². The SMILES string of the molecule is Nc1ccc(F)c(NC(=O)CSc2ccccn2)c1. The number of hydrogen-bond acceptors (Lipinski definition) is 4. The fraction of sp³-hybridized carbons (Fsp3) is 0.0769. The summed E-state index contributed by atoms with van der Waals surface area (Å²) in [6.45, 7) is 0. The van der Waals surface area contributed by atoms with Crippen LogP contribution in [0.5, 0.6) is 0 Å². The topological polar surface area (TPSA) is 68.0 Å². The maximum Gasteiger partial charge on any atom is 0.234 e. The van der Waals surface area contributed by atoms with Gasteiger partial charge in [0.2, 0.25) is 5.91 Å². The first-order valence-electron chi connectivity index (χ1n) is 5.54. The Morgan fingerprint density at radius 2 is 2.21 bits per heavy atom. The average molecular weight is 277 g/mol. The van der Waals surface area contributed by atoms with Crippen molar-refractivity contribution in [3.8, 4) is 0 Å². The van der Waals surface area contributed by atoms with Gasteiger partial charge in [0.25, 0.3) is 0 Å². The molecule has 0 saturated heterocycles. The Balaban J connectivity index is 1.93. The van der Waals surface area contributed by atoms with Crippen LogP contribution in [0.2, 0.25) is 0 Å². The van der Waals surface area contributed by atoms with Crippen LogP contribution >= 0.6 is 11.8 Å². The van der Waals surface area contributed by atoms with Crippen molar-refractivity contribution in [1.29, 1.82) is 0 Å². The highest BCUT2D eigenvalue weighted by molar-refractivity contribution is 7.99. The van der Waals surface area contributed by atoms with Crippen molar-refractivity contribution in [2.45, 2.75) is 5.03 Å². The van der Waals surface area contributed by atoms with Crippen LogP contribution < -0.4 is 11.1 Å². The highest BCUT2D eigenvalue weighted by Crippen LogP contribution is 2.19. The molecule has 1 heterocycles. The van der Waals surface area contributed by atoms with Crippen LogP contribution in [0.15, 0.2) is 47.6 Å². The van der Waals surface area contributed by atoms with E-state index in [1.165, 1.54) is 30.0 Å². The van der Waals surface area contributed by atoms with Crippen molar-refractivity contribution in [3.05, 3.63) is 48.4 Å². The van der Waals surface area contributed by atoms with Crippen LogP contribution in [0.4, 0.5) is 15.8 Å². The Bertz CT molecular complexity index is 577. The van der Waals surface area contributed by atoms with Crippen LogP contribution in [0, 0.1) is 5.82 Å². The molecule has 0 aliphatic rings. The van der Waals surface area contributed by atoms with Gasteiger partial charge in [-0.3, -0.25) is 4.79 Å². The van der Waals surface area contributed by atoms with Gasteiger partial charge in [-0.2, -0.15) is 0 Å². The Hall–Kier alpha value is -2.08. The van der Waals surface area contributed by atoms with E-state index in [1.54, 1.807) is 18.3 Å². The number of anilines is 2. The number of pyridine rings is 1. The third kappa shape index (κ3) is 3.96. The largest absolute Gasteiger partial charge is 0.399 e. The molecule has 0 spiro atoms. The molecule has 2 rings (SSSR count). The molecule has 0 atom stereocenters. The molecule has 2 aromatic rings. The van der Waals surface area contributed by atoms with Crippen LogP contribution in [-0.2, 0) is 4.79 Å². The quantitative estimate of drug-likeness (QED) is 0.665. The van der Waals surface area contributed by atoms with Crippen LogP contribution in [-0.4, -0.2) is 16.6 Å². The maximum atomic E-state index is 13.4. The van der Waals surface area contributed by atoms with Crippen LogP contribution in [0.25, 0.3) is 0 Å². The van der Waals surface area contributed by atoms with Gasteiger partial charge >= 0.3 is 0 Å². The van der Waals surface area contributed by atoms with Gasteiger partial charge in [-0.15, -0.1) is 0 Å². The fourth-order valence-corrected chi connectivity index (χ4v) is 2.06. The van der Waals surface area contributed by atoms with E-state index >= 15 is 0 Å². The highest BCUT2D eigenvalue weighted by Gasteiger charge is 2.08. The predicted molar refractivity (Wildman–Crippen MR) is 74.4 cm³/mol. The monoisotopic (exact) mass is 277 g/mol. The molecule has 1 aromatic carbocycles. The lowest BCUT2D eigenvalue weighted by atomic mass is 10.2. The van der Waals surface area contributed by atoms with E-state index in [9.17, 15) is 9.18 Å². The van der Waals surface area contributed by atoms with Gasteiger partial charge < -0.3 is 11.1 Å². The van der Waals surface area contributed by atoms with Gasteiger partial charge in [-0.25, -0.2) is 9.37 Å². The first kappa shape index (κ1) is 13.4. The van der Waals surface area contributed by atoms with E-state index in [0.29, 0.717) is 5.69 Å². The normalized spacial score (nSPS) is 10.2. The zero-order valence-electron chi connectivity index (χ0n) is 9.97. The molecule has 1 aromatic heterocycles. The Morgan fingerprint density at radius 3 is 2.95 bits per heavy atom. The second-order valence-electron chi connectivity index (χ2n) is 3.74. The van der Waals surface area contributed by atoms with Crippen LogP contribution in [0.1, 0.15) is 0 Å². The second-order valence-corrected chi connectivity index (χ2v) is 4.74. The molecule has 0 saturated carbocycles. The van der Waals surface area contributed by atoms with Crippen molar-refractivity contribution in [3.63, 3.8) is 0 Å². The Morgan fingerprint density at radius 1 is 1.37 bits per heavy atom. The minimum absolute atomic E-state index is 0.0895. The molecule has 98 valence electrons. The standard InChI is InChI=1S/C13H12FN3OS/c14-10-5-4-9(15)7-11(10)17-12(18)8-19-13-3-1-2-6-16-13/h1-7H,8,15H2,(H,17,18). The predicted octanol–water partition coefficient (Wildman–Crippen LogP) is 2.53. The molecule has 6 heteroatoms. The lowest BCUT2D eigenvalue weighted by Crippen LogP contribution is -2.15. The number of aromatic nitrogens is 1. The molecular weight excluding hydrogens is 265 g/mol. The summed E-state index contributed by atoms with van der Waals surface area (Å²) in [5.41, 5.74) is 6.02. The molecule has 0 bridgehead atoms. The summed E-state index contributed by atoms with van der Waals surface area (Å²) in [7, 11) is 0. The summed E-state index contributed by atoms with van der Waals surface area (Å²) in [4.78, 5) is 15.8. The Labute approximate surface area is 114 Å². The summed E-state index contributed by atoms with van der Waals surface area (Å²) in [5, 5.41) is 3.22. The molecule has 4 nitrogen and oxygen atoms in total. The van der Waals surface area contributed by atoms with Crippen molar-refractivity contribution in [2.75, 3.05) is 16.8 Å². The molecule has 0 unspecified atom stereocenters. The van der Waals surface area contributed by atoms with Crippen molar-refractivity contribution in [2.24, 2.45) is 0 Å². The molecule has 0 aliphatic heterocycles. The Kier molecular flexibility index (Phi) is 4.35. The van der Waals surface area contributed by atoms with Crippen LogP contribution in [0.3, 0.4) is 0 Å². The number of benzene rings is 1. The van der Waals surface area contributed by atoms with Crippen molar-refractivity contribution < 1.29 is 9.18 Å². The molecule has 0 radical (unpaired) electrons. The second kappa shape index (κ2) is 6.19. The number of carbonyl (C=O) groups excluding carboxylic acids is 1. The van der Waals surface area contributed by atoms with Gasteiger partial charge in [0.1, 0.15) is 5.82 Å². The van der Waals surface area contributed by atoms with Gasteiger partial charge in [-0.05, 0) is 30.3 Å². The molecule has 3 N–H and O–H groups in total. The van der Waals surface area contributed by atoms with E-state index in [1.807, 2.05) is 6.07 Å². The van der Waals surface area contributed by atoms with E-state index in [4.69, 9.17) is 5.73 Å². The summed E-state index contributed by atoms with van der Waals surface area (Å²) in [6, 6.07) is 9.49. The number of hydrogen-bond donors (Lipinski definition) is 2. The molecule has 0 fully saturated rings. The lowest BCUT2D eigenvalue weighted by Gasteiger charge is -2.06. The van der Waals surface area contributed by atoms with E-state index < -0.39 is 5.82 Å². The summed E-state index contributed by atoms with van der Waals surface area (Å²) in [5.74, 6) is -0.656. The zero-order valence-corrected chi connectivity index (χ0v) is 10.8. The minimum atomic E-state index is -0.509. The number of nitrogen functional groups attached to an aromatic ring is 1. The number of halogens is 1. The molecular formula is C13H12FN3OS. The lowest BCUT2D eigenvalue weighted by molar-refractivity contribution is -0.113. The van der Waals surface area contributed by atoms with Crippen molar-refractivity contribution >= 4 is 29.0 Å². The third-order valence-corrected chi connectivity index (χ3v) is 3.20. The van der Waals surface area contributed by atoms with E-state index in [2.05, 4.69) is 10.3 Å².